The lowest BCUT2D eigenvalue weighted by Gasteiger charge is -2.21. The van der Waals surface area contributed by atoms with Gasteiger partial charge in [0.2, 0.25) is 0 Å². The summed E-state index contributed by atoms with van der Waals surface area (Å²) in [6.07, 6.45) is 6.18. The maximum absolute atomic E-state index is 10.8. The Bertz CT molecular complexity index is 422. The molecule has 1 heterocycles. The van der Waals surface area contributed by atoms with Gasteiger partial charge in [-0.05, 0) is 28.8 Å². The van der Waals surface area contributed by atoms with E-state index in [1.807, 2.05) is 11.6 Å². The van der Waals surface area contributed by atoms with Gasteiger partial charge in [0.15, 0.2) is 0 Å². The number of aromatic nitrogens is 2. The number of hydrogen-bond donors (Lipinski definition) is 1. The van der Waals surface area contributed by atoms with E-state index < -0.39 is 5.97 Å². The Labute approximate surface area is 109 Å². The van der Waals surface area contributed by atoms with Crippen molar-refractivity contribution in [3.05, 3.63) is 16.1 Å². The summed E-state index contributed by atoms with van der Waals surface area (Å²) < 4.78 is 2.64. The number of carboxylic acid groups (broad SMARTS) is 1. The molecule has 1 aliphatic rings. The largest absolute Gasteiger partial charge is 0.481 e. The van der Waals surface area contributed by atoms with Gasteiger partial charge in [-0.3, -0.25) is 4.79 Å². The van der Waals surface area contributed by atoms with Crippen LogP contribution in [0, 0.1) is 0 Å². The van der Waals surface area contributed by atoms with Gasteiger partial charge in [0.05, 0.1) is 12.1 Å². The molecule has 1 aliphatic carbocycles. The Kier molecular flexibility index (Phi) is 3.86. The van der Waals surface area contributed by atoms with E-state index in [0.29, 0.717) is 10.5 Å². The summed E-state index contributed by atoms with van der Waals surface area (Å²) in [6.45, 7) is 0. The fourth-order valence-corrected chi connectivity index (χ4v) is 3.17. The second-order valence-corrected chi connectivity index (χ2v) is 5.42. The molecular weight excluding hydrogens is 284 g/mol. The van der Waals surface area contributed by atoms with Gasteiger partial charge < -0.3 is 9.67 Å². The van der Waals surface area contributed by atoms with Crippen LogP contribution < -0.4 is 0 Å². The van der Waals surface area contributed by atoms with Gasteiger partial charge in [-0.2, -0.15) is 0 Å². The molecule has 0 radical (unpaired) electrons. The highest BCUT2D eigenvalue weighted by Gasteiger charge is 2.23. The van der Waals surface area contributed by atoms with Gasteiger partial charge in [-0.25, -0.2) is 4.98 Å². The average molecular weight is 301 g/mol. The number of nitrogens with zero attached hydrogens (tertiary/aromatic N) is 2. The Hall–Kier alpha value is -0.840. The maximum Gasteiger partial charge on any atom is 0.309 e. The van der Waals surface area contributed by atoms with Crippen LogP contribution in [0.15, 0.2) is 4.60 Å². The molecule has 5 heteroatoms. The zero-order chi connectivity index (χ0) is 12.4. The molecule has 0 amide bonds. The molecule has 1 fully saturated rings. The first-order valence-corrected chi connectivity index (χ1v) is 6.81. The number of halogens is 1. The molecule has 2 rings (SSSR count). The highest BCUT2D eigenvalue weighted by molar-refractivity contribution is 9.10. The Morgan fingerprint density at radius 2 is 2.12 bits per heavy atom. The van der Waals surface area contributed by atoms with E-state index in [0.717, 1.165) is 11.5 Å². The first-order valence-electron chi connectivity index (χ1n) is 6.02. The quantitative estimate of drug-likeness (QED) is 0.934. The first kappa shape index (κ1) is 12.6. The van der Waals surface area contributed by atoms with Crippen LogP contribution in [0.1, 0.15) is 49.5 Å². The van der Waals surface area contributed by atoms with Crippen molar-refractivity contribution in [2.45, 2.75) is 44.4 Å². The summed E-state index contributed by atoms with van der Waals surface area (Å²) in [6, 6.07) is 0. The lowest BCUT2D eigenvalue weighted by molar-refractivity contribution is -0.136. The fraction of sp³-hybridized carbons (Fsp3) is 0.667. The van der Waals surface area contributed by atoms with Gasteiger partial charge in [0.25, 0.3) is 0 Å². The average Bonchev–Trinajstić information content (AvgIpc) is 2.58. The van der Waals surface area contributed by atoms with Gasteiger partial charge in [0, 0.05) is 13.0 Å². The van der Waals surface area contributed by atoms with Crippen LogP contribution >= 0.6 is 15.9 Å². The molecule has 0 unspecified atom stereocenters. The van der Waals surface area contributed by atoms with Crippen LogP contribution in [0.2, 0.25) is 0 Å². The smallest absolute Gasteiger partial charge is 0.309 e. The van der Waals surface area contributed by atoms with Crippen molar-refractivity contribution >= 4 is 21.9 Å². The van der Waals surface area contributed by atoms with Gasteiger partial charge in [0.1, 0.15) is 10.4 Å². The third-order valence-electron chi connectivity index (χ3n) is 3.49. The molecule has 4 nitrogen and oxygen atoms in total. The molecule has 0 aliphatic heterocycles. The van der Waals surface area contributed by atoms with E-state index in [4.69, 9.17) is 5.11 Å². The topological polar surface area (TPSA) is 55.1 Å². The van der Waals surface area contributed by atoms with E-state index in [9.17, 15) is 4.79 Å². The monoisotopic (exact) mass is 300 g/mol. The summed E-state index contributed by atoms with van der Waals surface area (Å²) in [7, 11) is 1.92. The van der Waals surface area contributed by atoms with Crippen LogP contribution in [-0.4, -0.2) is 20.6 Å². The van der Waals surface area contributed by atoms with Crippen molar-refractivity contribution in [1.29, 1.82) is 0 Å². The highest BCUT2D eigenvalue weighted by Crippen LogP contribution is 2.33. The Morgan fingerprint density at radius 1 is 1.47 bits per heavy atom. The fourth-order valence-electron chi connectivity index (χ4n) is 2.58. The SMILES string of the molecule is Cn1c(C2CCCCC2)nc(Br)c1CC(=O)O. The summed E-state index contributed by atoms with van der Waals surface area (Å²) in [5.74, 6) is 0.712. The van der Waals surface area contributed by atoms with E-state index in [1.165, 1.54) is 32.1 Å². The summed E-state index contributed by atoms with van der Waals surface area (Å²) in [5.41, 5.74) is 0.762. The van der Waals surface area contributed by atoms with E-state index in [-0.39, 0.29) is 6.42 Å². The van der Waals surface area contributed by atoms with Crippen molar-refractivity contribution in [1.82, 2.24) is 9.55 Å². The number of imidazole rings is 1. The van der Waals surface area contributed by atoms with Gasteiger partial charge in [-0.1, -0.05) is 19.3 Å². The molecule has 0 spiro atoms. The van der Waals surface area contributed by atoms with Crippen LogP contribution in [0.25, 0.3) is 0 Å². The molecule has 0 aromatic carbocycles. The summed E-state index contributed by atoms with van der Waals surface area (Å²) in [5, 5.41) is 8.87. The normalized spacial score (nSPS) is 17.3. The zero-order valence-corrected chi connectivity index (χ0v) is 11.5. The molecule has 94 valence electrons. The molecule has 0 bridgehead atoms. The number of aliphatic carboxylic acids is 1. The predicted molar refractivity (Wildman–Crippen MR) is 68.1 cm³/mol. The minimum absolute atomic E-state index is 0.0246. The summed E-state index contributed by atoms with van der Waals surface area (Å²) in [4.78, 5) is 15.3. The number of hydrogen-bond acceptors (Lipinski definition) is 2. The molecule has 17 heavy (non-hydrogen) atoms. The van der Waals surface area contributed by atoms with Crippen molar-refractivity contribution in [2.75, 3.05) is 0 Å². The minimum Gasteiger partial charge on any atom is -0.481 e. The molecular formula is C12H17BrN2O2. The van der Waals surface area contributed by atoms with Gasteiger partial charge >= 0.3 is 5.97 Å². The standard InChI is InChI=1S/C12H17BrN2O2/c1-15-9(7-10(16)17)11(13)14-12(15)8-5-3-2-4-6-8/h8H,2-7H2,1H3,(H,16,17). The van der Waals surface area contributed by atoms with Crippen LogP contribution in [-0.2, 0) is 18.3 Å². The second kappa shape index (κ2) is 5.21. The van der Waals surface area contributed by atoms with Crippen LogP contribution in [0.3, 0.4) is 0 Å². The molecule has 0 saturated heterocycles. The third kappa shape index (κ3) is 2.70. The lowest BCUT2D eigenvalue weighted by atomic mass is 9.89. The van der Waals surface area contributed by atoms with E-state index in [2.05, 4.69) is 20.9 Å². The van der Waals surface area contributed by atoms with E-state index in [1.54, 1.807) is 0 Å². The predicted octanol–water partition coefficient (Wildman–Crippen LogP) is 2.86. The van der Waals surface area contributed by atoms with Gasteiger partial charge in [-0.15, -0.1) is 0 Å². The number of carboxylic acids is 1. The molecule has 1 N–H and O–H groups in total. The van der Waals surface area contributed by atoms with Crippen LogP contribution in [0.5, 0.6) is 0 Å². The highest BCUT2D eigenvalue weighted by atomic mass is 79.9. The van der Waals surface area contributed by atoms with Crippen molar-refractivity contribution < 1.29 is 9.90 Å². The van der Waals surface area contributed by atoms with Crippen molar-refractivity contribution in [3.8, 4) is 0 Å². The molecule has 0 atom stereocenters. The summed E-state index contributed by atoms with van der Waals surface area (Å²) >= 11 is 3.37. The zero-order valence-electron chi connectivity index (χ0n) is 9.95. The van der Waals surface area contributed by atoms with Crippen molar-refractivity contribution in [2.24, 2.45) is 7.05 Å². The van der Waals surface area contributed by atoms with E-state index >= 15 is 0 Å². The lowest BCUT2D eigenvalue weighted by Crippen LogP contribution is -2.12. The maximum atomic E-state index is 10.8. The Morgan fingerprint density at radius 3 is 2.71 bits per heavy atom. The molecule has 1 aromatic rings. The molecule has 1 aromatic heterocycles. The van der Waals surface area contributed by atoms with Crippen molar-refractivity contribution in [3.63, 3.8) is 0 Å². The first-order chi connectivity index (χ1) is 8.09. The Balaban J connectivity index is 2.26. The number of rotatable bonds is 3. The third-order valence-corrected chi connectivity index (χ3v) is 4.12. The van der Waals surface area contributed by atoms with Crippen LogP contribution in [0.4, 0.5) is 0 Å². The molecule has 1 saturated carbocycles. The number of carbonyl (C=O) groups is 1. The minimum atomic E-state index is -0.816. The second-order valence-electron chi connectivity index (χ2n) is 4.67.